The summed E-state index contributed by atoms with van der Waals surface area (Å²) in [6, 6.07) is 0.296. The lowest BCUT2D eigenvalue weighted by Gasteiger charge is -2.27. The van der Waals surface area contributed by atoms with Crippen molar-refractivity contribution in [2.45, 2.75) is 38.6 Å². The van der Waals surface area contributed by atoms with Gasteiger partial charge in [0, 0.05) is 20.6 Å². The highest BCUT2D eigenvalue weighted by Crippen LogP contribution is 2.27. The van der Waals surface area contributed by atoms with Crippen LogP contribution in [0.2, 0.25) is 0 Å². The quantitative estimate of drug-likeness (QED) is 0.803. The van der Waals surface area contributed by atoms with E-state index >= 15 is 0 Å². The molecule has 0 N–H and O–H groups in total. The van der Waals surface area contributed by atoms with Crippen LogP contribution >= 0.6 is 0 Å². The van der Waals surface area contributed by atoms with Gasteiger partial charge in [0.15, 0.2) is 5.82 Å². The second-order valence-corrected chi connectivity index (χ2v) is 4.57. The molecule has 0 aliphatic carbocycles. The van der Waals surface area contributed by atoms with Gasteiger partial charge in [-0.15, -0.1) is 0 Å². The van der Waals surface area contributed by atoms with Crippen molar-refractivity contribution in [3.8, 4) is 0 Å². The number of hydrogen-bond acceptors (Lipinski definition) is 5. The van der Waals surface area contributed by atoms with Crippen molar-refractivity contribution in [3.05, 3.63) is 11.7 Å². The Morgan fingerprint density at radius 1 is 1.41 bits per heavy atom. The molecule has 96 valence electrons. The lowest BCUT2D eigenvalue weighted by molar-refractivity contribution is 0.117. The Balaban J connectivity index is 2.08. The van der Waals surface area contributed by atoms with Gasteiger partial charge in [-0.3, -0.25) is 4.90 Å². The molecule has 0 spiro atoms. The highest BCUT2D eigenvalue weighted by atomic mass is 16.5. The molecule has 17 heavy (non-hydrogen) atoms. The van der Waals surface area contributed by atoms with Crippen LogP contribution in [0.25, 0.3) is 0 Å². The van der Waals surface area contributed by atoms with Gasteiger partial charge in [0.2, 0.25) is 5.89 Å². The van der Waals surface area contributed by atoms with Gasteiger partial charge in [0.1, 0.15) is 0 Å². The third-order valence-electron chi connectivity index (χ3n) is 3.29. The highest BCUT2D eigenvalue weighted by molar-refractivity contribution is 4.95. The normalized spacial score (nSPS) is 22.6. The molecule has 1 fully saturated rings. The predicted octanol–water partition coefficient (Wildman–Crippen LogP) is 1.94. The number of aromatic nitrogens is 2. The van der Waals surface area contributed by atoms with Gasteiger partial charge in [-0.1, -0.05) is 18.0 Å². The molecule has 0 radical (unpaired) electrons. The van der Waals surface area contributed by atoms with Crippen LogP contribution in [-0.2, 0) is 4.74 Å². The van der Waals surface area contributed by atoms with Gasteiger partial charge >= 0.3 is 0 Å². The Labute approximate surface area is 102 Å². The summed E-state index contributed by atoms with van der Waals surface area (Å²) in [5.41, 5.74) is 0. The van der Waals surface area contributed by atoms with E-state index in [-0.39, 0.29) is 0 Å². The van der Waals surface area contributed by atoms with Gasteiger partial charge in [-0.05, 0) is 19.4 Å². The van der Waals surface area contributed by atoms with Crippen LogP contribution in [0.4, 0.5) is 0 Å². The fraction of sp³-hybridized carbons (Fsp3) is 0.833. The summed E-state index contributed by atoms with van der Waals surface area (Å²) in [5, 5.41) is 4.07. The third kappa shape index (κ3) is 3.26. The fourth-order valence-electron chi connectivity index (χ4n) is 2.39. The first kappa shape index (κ1) is 12.5. The monoisotopic (exact) mass is 239 g/mol. The maximum Gasteiger partial charge on any atom is 0.223 e. The zero-order valence-corrected chi connectivity index (χ0v) is 10.7. The summed E-state index contributed by atoms with van der Waals surface area (Å²) in [6.07, 6.45) is 4.89. The van der Waals surface area contributed by atoms with Crippen molar-refractivity contribution in [1.29, 1.82) is 0 Å². The molecular weight excluding hydrogens is 218 g/mol. The molecule has 5 nitrogen and oxygen atoms in total. The van der Waals surface area contributed by atoms with E-state index in [1.165, 1.54) is 19.3 Å². The molecular formula is C12H21N3O2. The number of rotatable bonds is 4. The number of nitrogens with zero attached hydrogens (tertiary/aromatic N) is 3. The summed E-state index contributed by atoms with van der Waals surface area (Å²) < 4.78 is 10.3. The van der Waals surface area contributed by atoms with Crippen LogP contribution in [0.5, 0.6) is 0 Å². The minimum Gasteiger partial charge on any atom is -0.383 e. The van der Waals surface area contributed by atoms with E-state index in [0.29, 0.717) is 11.9 Å². The van der Waals surface area contributed by atoms with Gasteiger partial charge in [0.25, 0.3) is 0 Å². The molecule has 2 rings (SSSR count). The van der Waals surface area contributed by atoms with Gasteiger partial charge < -0.3 is 9.26 Å². The lowest BCUT2D eigenvalue weighted by Crippen LogP contribution is -2.32. The van der Waals surface area contributed by atoms with Gasteiger partial charge in [-0.2, -0.15) is 4.98 Å². The van der Waals surface area contributed by atoms with Gasteiger partial charge in [0.05, 0.1) is 12.6 Å². The van der Waals surface area contributed by atoms with Crippen molar-refractivity contribution in [2.75, 3.05) is 26.8 Å². The third-order valence-corrected chi connectivity index (χ3v) is 3.29. The molecule has 1 saturated heterocycles. The number of aryl methyl sites for hydroxylation is 1. The van der Waals surface area contributed by atoms with Crippen LogP contribution in [0, 0.1) is 6.92 Å². The summed E-state index contributed by atoms with van der Waals surface area (Å²) in [4.78, 5) is 6.79. The molecule has 1 atom stereocenters. The molecule has 5 heteroatoms. The molecule has 0 unspecified atom stereocenters. The van der Waals surface area contributed by atoms with E-state index in [2.05, 4.69) is 15.0 Å². The van der Waals surface area contributed by atoms with Crippen LogP contribution in [0.15, 0.2) is 4.52 Å². The predicted molar refractivity (Wildman–Crippen MR) is 63.7 cm³/mol. The van der Waals surface area contributed by atoms with E-state index in [4.69, 9.17) is 9.26 Å². The largest absolute Gasteiger partial charge is 0.383 e. The second kappa shape index (κ2) is 6.12. The lowest BCUT2D eigenvalue weighted by atomic mass is 10.1. The summed E-state index contributed by atoms with van der Waals surface area (Å²) >= 11 is 0. The average Bonchev–Trinajstić information content (AvgIpc) is 2.63. The summed E-state index contributed by atoms with van der Waals surface area (Å²) in [6.45, 7) is 4.64. The number of likely N-dealkylation sites (tertiary alicyclic amines) is 1. The first-order chi connectivity index (χ1) is 8.31. The standard InChI is InChI=1S/C12H21N3O2/c1-10-13-12(14-17-10)11-6-4-3-5-7-15(11)8-9-16-2/h11H,3-9H2,1-2H3/t11-/m0/s1. The SMILES string of the molecule is COCCN1CCCCC[C@H]1c1noc(C)n1. The zero-order chi connectivity index (χ0) is 12.1. The van der Waals surface area contributed by atoms with E-state index in [9.17, 15) is 0 Å². The zero-order valence-electron chi connectivity index (χ0n) is 10.7. The topological polar surface area (TPSA) is 51.4 Å². The Morgan fingerprint density at radius 2 is 2.29 bits per heavy atom. The molecule has 2 heterocycles. The van der Waals surface area contributed by atoms with Crippen LogP contribution in [0.1, 0.15) is 43.4 Å². The Hall–Kier alpha value is -0.940. The molecule has 1 aliphatic rings. The van der Waals surface area contributed by atoms with Crippen molar-refractivity contribution < 1.29 is 9.26 Å². The molecule has 1 aliphatic heterocycles. The summed E-state index contributed by atoms with van der Waals surface area (Å²) in [7, 11) is 1.74. The molecule has 0 bridgehead atoms. The number of ether oxygens (including phenoxy) is 1. The smallest absolute Gasteiger partial charge is 0.223 e. The molecule has 0 saturated carbocycles. The van der Waals surface area contributed by atoms with Crippen LogP contribution in [-0.4, -0.2) is 41.8 Å². The fourth-order valence-corrected chi connectivity index (χ4v) is 2.39. The second-order valence-electron chi connectivity index (χ2n) is 4.57. The molecule has 0 amide bonds. The summed E-state index contributed by atoms with van der Waals surface area (Å²) in [5.74, 6) is 1.48. The number of methoxy groups -OCH3 is 1. The first-order valence-electron chi connectivity index (χ1n) is 6.34. The molecule has 1 aromatic heterocycles. The van der Waals surface area contributed by atoms with Crippen molar-refractivity contribution >= 4 is 0 Å². The van der Waals surface area contributed by atoms with E-state index in [1.807, 2.05) is 6.92 Å². The van der Waals surface area contributed by atoms with Crippen molar-refractivity contribution in [3.63, 3.8) is 0 Å². The Bertz CT molecular complexity index is 340. The highest BCUT2D eigenvalue weighted by Gasteiger charge is 2.26. The van der Waals surface area contributed by atoms with Crippen LogP contribution < -0.4 is 0 Å². The van der Waals surface area contributed by atoms with E-state index in [0.717, 1.165) is 31.9 Å². The van der Waals surface area contributed by atoms with E-state index in [1.54, 1.807) is 7.11 Å². The molecule has 0 aromatic carbocycles. The maximum absolute atomic E-state index is 5.17. The van der Waals surface area contributed by atoms with Gasteiger partial charge in [-0.25, -0.2) is 0 Å². The van der Waals surface area contributed by atoms with Crippen molar-refractivity contribution in [1.82, 2.24) is 15.0 Å². The number of hydrogen-bond donors (Lipinski definition) is 0. The molecule has 1 aromatic rings. The van der Waals surface area contributed by atoms with E-state index < -0.39 is 0 Å². The minimum atomic E-state index is 0.296. The Kier molecular flexibility index (Phi) is 4.50. The van der Waals surface area contributed by atoms with Crippen LogP contribution in [0.3, 0.4) is 0 Å². The minimum absolute atomic E-state index is 0.296. The maximum atomic E-state index is 5.17. The average molecular weight is 239 g/mol. The first-order valence-corrected chi connectivity index (χ1v) is 6.34. The Morgan fingerprint density at radius 3 is 3.00 bits per heavy atom. The van der Waals surface area contributed by atoms with Crippen molar-refractivity contribution in [2.24, 2.45) is 0 Å².